The number of likely N-dealkylation sites (tertiary alicyclic amines) is 1. The van der Waals surface area contributed by atoms with Gasteiger partial charge in [0.15, 0.2) is 0 Å². The van der Waals surface area contributed by atoms with E-state index < -0.39 is 0 Å². The van der Waals surface area contributed by atoms with Gasteiger partial charge in [0, 0.05) is 35.2 Å². The molecular weight excluding hydrogens is 490 g/mol. The fourth-order valence-electron chi connectivity index (χ4n) is 4.70. The maximum Gasteiger partial charge on any atom is 0.253 e. The number of benzene rings is 3. The summed E-state index contributed by atoms with van der Waals surface area (Å²) in [6, 6.07) is 22.0. The Balaban J connectivity index is 1.24. The third-order valence-corrected chi connectivity index (χ3v) is 8.29. The number of aromatic amines is 1. The van der Waals surface area contributed by atoms with E-state index in [0.717, 1.165) is 34.6 Å². The molecule has 3 aromatic carbocycles. The monoisotopic (exact) mass is 513 g/mol. The first-order valence-corrected chi connectivity index (χ1v) is 13.2. The summed E-state index contributed by atoms with van der Waals surface area (Å²) in [5.41, 5.74) is 6.58. The Hall–Kier alpha value is -3.55. The lowest BCUT2D eigenvalue weighted by atomic mass is 9.96. The molecular formula is C28H24ClN5OS. The maximum atomic E-state index is 13.1. The molecule has 6 rings (SSSR count). The van der Waals surface area contributed by atoms with Crippen molar-refractivity contribution in [2.24, 2.45) is 0 Å². The summed E-state index contributed by atoms with van der Waals surface area (Å²) in [4.78, 5) is 21.4. The van der Waals surface area contributed by atoms with Crippen molar-refractivity contribution in [2.75, 3.05) is 13.1 Å². The van der Waals surface area contributed by atoms with Crippen LogP contribution in [0, 0.1) is 6.92 Å². The number of nitrogens with zero attached hydrogens (tertiary/aromatic N) is 4. The van der Waals surface area contributed by atoms with Gasteiger partial charge in [-0.1, -0.05) is 53.6 Å². The average Bonchev–Trinajstić information content (AvgIpc) is 3.56. The highest BCUT2D eigenvalue weighted by molar-refractivity contribution is 7.15. The van der Waals surface area contributed by atoms with Crippen LogP contribution in [-0.4, -0.2) is 44.3 Å². The Bertz CT molecular complexity index is 1470. The zero-order valence-corrected chi connectivity index (χ0v) is 21.3. The van der Waals surface area contributed by atoms with Crippen LogP contribution in [0.25, 0.3) is 32.7 Å². The van der Waals surface area contributed by atoms with E-state index in [4.69, 9.17) is 16.6 Å². The lowest BCUT2D eigenvalue weighted by Crippen LogP contribution is -2.37. The number of rotatable bonds is 4. The number of amides is 1. The summed E-state index contributed by atoms with van der Waals surface area (Å²) in [6.45, 7) is 3.51. The summed E-state index contributed by atoms with van der Waals surface area (Å²) in [7, 11) is 0. The topological polar surface area (TPSA) is 74.8 Å². The minimum Gasteiger partial charge on any atom is -0.339 e. The molecule has 0 unspecified atom stereocenters. The van der Waals surface area contributed by atoms with E-state index in [1.54, 1.807) is 17.4 Å². The first-order valence-electron chi connectivity index (χ1n) is 12.0. The van der Waals surface area contributed by atoms with Gasteiger partial charge in [-0.05, 0) is 55.7 Å². The second kappa shape index (κ2) is 9.48. The zero-order valence-electron chi connectivity index (χ0n) is 19.7. The molecule has 3 heterocycles. The van der Waals surface area contributed by atoms with Gasteiger partial charge in [0.2, 0.25) is 0 Å². The largest absolute Gasteiger partial charge is 0.339 e. The molecule has 0 bridgehead atoms. The Labute approximate surface area is 218 Å². The number of nitrogens with one attached hydrogen (secondary N) is 1. The van der Waals surface area contributed by atoms with Gasteiger partial charge in [0.05, 0.1) is 15.6 Å². The first kappa shape index (κ1) is 22.9. The molecule has 1 aliphatic heterocycles. The number of aromatic nitrogens is 4. The molecule has 36 heavy (non-hydrogen) atoms. The summed E-state index contributed by atoms with van der Waals surface area (Å²) >= 11 is 7.91. The SMILES string of the molecule is Cc1ccc(-c2sc(C3CCN(C(=O)c4ccc5n[nH]nc5c4)CC3)nc2-c2ccc(Cl)cc2)cc1. The Morgan fingerprint density at radius 2 is 1.64 bits per heavy atom. The Kier molecular flexibility index (Phi) is 6.03. The molecule has 1 amide bonds. The van der Waals surface area contributed by atoms with Crippen LogP contribution in [0.1, 0.15) is 39.7 Å². The Morgan fingerprint density at radius 3 is 2.39 bits per heavy atom. The molecule has 0 atom stereocenters. The molecule has 1 fully saturated rings. The van der Waals surface area contributed by atoms with Crippen LogP contribution in [0.5, 0.6) is 0 Å². The van der Waals surface area contributed by atoms with E-state index in [0.29, 0.717) is 35.1 Å². The van der Waals surface area contributed by atoms with Gasteiger partial charge in [-0.2, -0.15) is 15.4 Å². The molecule has 0 saturated carbocycles. The summed E-state index contributed by atoms with van der Waals surface area (Å²) in [5, 5.41) is 12.6. The standard InChI is InChI=1S/C28H24ClN5OS/c1-17-2-4-19(5-3-17)26-25(18-6-9-22(29)10-7-18)30-27(36-26)20-12-14-34(15-13-20)28(35)21-8-11-23-24(16-21)32-33-31-23/h2-11,16,20H,12-15H2,1H3,(H,31,32,33). The number of aryl methyl sites for hydroxylation is 1. The molecule has 1 N–H and O–H groups in total. The van der Waals surface area contributed by atoms with Crippen LogP contribution in [0.2, 0.25) is 5.02 Å². The molecule has 5 aromatic rings. The highest BCUT2D eigenvalue weighted by Crippen LogP contribution is 2.42. The second-order valence-corrected chi connectivity index (χ2v) is 10.7. The molecule has 0 spiro atoms. The van der Waals surface area contributed by atoms with Crippen molar-refractivity contribution in [1.82, 2.24) is 25.3 Å². The first-order chi connectivity index (χ1) is 17.5. The van der Waals surface area contributed by atoms with Crippen molar-refractivity contribution < 1.29 is 4.79 Å². The Morgan fingerprint density at radius 1 is 0.944 bits per heavy atom. The number of halogens is 1. The highest BCUT2D eigenvalue weighted by atomic mass is 35.5. The number of carbonyl (C=O) groups excluding carboxylic acids is 1. The predicted octanol–water partition coefficient (Wildman–Crippen LogP) is 6.73. The number of fused-ring (bicyclic) bond motifs is 1. The van der Waals surface area contributed by atoms with Gasteiger partial charge in [-0.3, -0.25) is 4.79 Å². The van der Waals surface area contributed by atoms with E-state index >= 15 is 0 Å². The van der Waals surface area contributed by atoms with Crippen molar-refractivity contribution in [2.45, 2.75) is 25.7 Å². The molecule has 1 saturated heterocycles. The van der Waals surface area contributed by atoms with E-state index in [2.05, 4.69) is 46.6 Å². The lowest BCUT2D eigenvalue weighted by molar-refractivity contribution is 0.0713. The van der Waals surface area contributed by atoms with Gasteiger partial charge in [0.25, 0.3) is 5.91 Å². The van der Waals surface area contributed by atoms with E-state index in [1.165, 1.54) is 16.0 Å². The summed E-state index contributed by atoms with van der Waals surface area (Å²) in [6.07, 6.45) is 1.78. The number of piperidine rings is 1. The van der Waals surface area contributed by atoms with Crippen molar-refractivity contribution in [1.29, 1.82) is 0 Å². The fourth-order valence-corrected chi connectivity index (χ4v) is 6.09. The second-order valence-electron chi connectivity index (χ2n) is 9.20. The van der Waals surface area contributed by atoms with Gasteiger partial charge in [-0.15, -0.1) is 11.3 Å². The molecule has 180 valence electrons. The number of hydrogen-bond acceptors (Lipinski definition) is 5. The zero-order chi connectivity index (χ0) is 24.6. The van der Waals surface area contributed by atoms with Gasteiger partial charge < -0.3 is 4.90 Å². The summed E-state index contributed by atoms with van der Waals surface area (Å²) < 4.78 is 0. The number of carbonyl (C=O) groups is 1. The van der Waals surface area contributed by atoms with Crippen LogP contribution in [0.15, 0.2) is 66.7 Å². The van der Waals surface area contributed by atoms with Gasteiger partial charge in [0.1, 0.15) is 11.0 Å². The molecule has 8 heteroatoms. The van der Waals surface area contributed by atoms with Crippen molar-refractivity contribution in [3.05, 3.63) is 87.9 Å². The lowest BCUT2D eigenvalue weighted by Gasteiger charge is -2.31. The van der Waals surface area contributed by atoms with Crippen LogP contribution in [0.3, 0.4) is 0 Å². The van der Waals surface area contributed by atoms with Crippen molar-refractivity contribution >= 4 is 39.9 Å². The highest BCUT2D eigenvalue weighted by Gasteiger charge is 2.28. The van der Waals surface area contributed by atoms with Gasteiger partial charge >= 0.3 is 0 Å². The van der Waals surface area contributed by atoms with Crippen LogP contribution in [0.4, 0.5) is 0 Å². The van der Waals surface area contributed by atoms with Crippen molar-refractivity contribution in [3.8, 4) is 21.7 Å². The maximum absolute atomic E-state index is 13.1. The quantitative estimate of drug-likeness (QED) is 0.289. The minimum absolute atomic E-state index is 0.0414. The molecule has 0 radical (unpaired) electrons. The van der Waals surface area contributed by atoms with Gasteiger partial charge in [-0.25, -0.2) is 4.98 Å². The van der Waals surface area contributed by atoms with Crippen LogP contribution in [-0.2, 0) is 0 Å². The predicted molar refractivity (Wildman–Crippen MR) is 145 cm³/mol. The van der Waals surface area contributed by atoms with Crippen LogP contribution >= 0.6 is 22.9 Å². The van der Waals surface area contributed by atoms with E-state index in [9.17, 15) is 4.79 Å². The molecule has 1 aliphatic rings. The molecule has 6 nitrogen and oxygen atoms in total. The van der Waals surface area contributed by atoms with E-state index in [1.807, 2.05) is 41.3 Å². The fraction of sp³-hybridized carbons (Fsp3) is 0.214. The third-order valence-electron chi connectivity index (χ3n) is 6.77. The van der Waals surface area contributed by atoms with E-state index in [-0.39, 0.29) is 5.91 Å². The molecule has 2 aromatic heterocycles. The van der Waals surface area contributed by atoms with Crippen molar-refractivity contribution in [3.63, 3.8) is 0 Å². The minimum atomic E-state index is 0.0414. The average molecular weight is 514 g/mol. The molecule has 0 aliphatic carbocycles. The number of H-pyrrole nitrogens is 1. The smallest absolute Gasteiger partial charge is 0.253 e. The number of hydrogen-bond donors (Lipinski definition) is 1. The number of thiazole rings is 1. The third kappa shape index (κ3) is 4.40. The summed E-state index contributed by atoms with van der Waals surface area (Å²) in [5.74, 6) is 0.363. The normalized spacial score (nSPS) is 14.4. The van der Waals surface area contributed by atoms with Crippen LogP contribution < -0.4 is 0 Å².